The normalized spacial score (nSPS) is 25.8. The van der Waals surface area contributed by atoms with Crippen molar-refractivity contribution in [1.82, 2.24) is 14.5 Å². The van der Waals surface area contributed by atoms with Crippen molar-refractivity contribution in [3.63, 3.8) is 0 Å². The number of sulfonamides is 1. The first-order valence-corrected chi connectivity index (χ1v) is 6.77. The van der Waals surface area contributed by atoms with Crippen LogP contribution in [-0.2, 0) is 10.0 Å². The van der Waals surface area contributed by atoms with Crippen LogP contribution in [0.4, 0.5) is 13.2 Å². The third-order valence-electron chi connectivity index (χ3n) is 3.13. The molecule has 2 saturated heterocycles. The molecule has 1 N–H and O–H groups in total. The minimum absolute atomic E-state index is 0.0537. The number of halogens is 3. The summed E-state index contributed by atoms with van der Waals surface area (Å²) in [5.41, 5.74) is -5.18. The number of hydrogen-bond donors (Lipinski definition) is 1. The lowest BCUT2D eigenvalue weighted by molar-refractivity contribution is -0.0539. The topological polar surface area (TPSA) is 52.7 Å². The molecule has 0 spiro atoms. The Morgan fingerprint density at radius 1 is 1.12 bits per heavy atom. The van der Waals surface area contributed by atoms with Crippen LogP contribution >= 0.6 is 0 Å². The van der Waals surface area contributed by atoms with Crippen LogP contribution in [-0.4, -0.2) is 68.4 Å². The van der Waals surface area contributed by atoms with Crippen LogP contribution in [0.2, 0.25) is 0 Å². The summed E-state index contributed by atoms with van der Waals surface area (Å²) in [7, 11) is -5.12. The Morgan fingerprint density at radius 2 is 1.65 bits per heavy atom. The minimum Gasteiger partial charge on any atom is -0.314 e. The fourth-order valence-electron chi connectivity index (χ4n) is 2.04. The van der Waals surface area contributed by atoms with Gasteiger partial charge in [0.05, 0.1) is 0 Å². The molecule has 17 heavy (non-hydrogen) atoms. The number of alkyl halides is 3. The van der Waals surface area contributed by atoms with Gasteiger partial charge in [0.1, 0.15) is 0 Å². The highest BCUT2D eigenvalue weighted by Gasteiger charge is 2.54. The molecular weight excluding hydrogens is 259 g/mol. The Bertz CT molecular complexity index is 372. The third kappa shape index (κ3) is 2.42. The zero-order valence-electron chi connectivity index (χ0n) is 9.07. The van der Waals surface area contributed by atoms with Gasteiger partial charge in [-0.3, -0.25) is 4.90 Å². The van der Waals surface area contributed by atoms with E-state index in [1.165, 1.54) is 0 Å². The summed E-state index contributed by atoms with van der Waals surface area (Å²) in [4.78, 5) is 2.03. The summed E-state index contributed by atoms with van der Waals surface area (Å²) in [6.45, 7) is 2.99. The number of piperazine rings is 1. The van der Waals surface area contributed by atoms with Gasteiger partial charge in [-0.15, -0.1) is 0 Å². The Labute approximate surface area is 97.6 Å². The van der Waals surface area contributed by atoms with Crippen molar-refractivity contribution >= 4 is 10.0 Å². The molecule has 0 amide bonds. The summed E-state index contributed by atoms with van der Waals surface area (Å²) in [5, 5.41) is 3.13. The van der Waals surface area contributed by atoms with E-state index in [9.17, 15) is 21.6 Å². The highest BCUT2D eigenvalue weighted by molar-refractivity contribution is 7.90. The molecule has 100 valence electrons. The van der Waals surface area contributed by atoms with E-state index >= 15 is 0 Å². The highest BCUT2D eigenvalue weighted by atomic mass is 32.2. The van der Waals surface area contributed by atoms with Crippen LogP contribution in [0.25, 0.3) is 0 Å². The molecule has 2 fully saturated rings. The molecule has 9 heteroatoms. The molecule has 2 heterocycles. The van der Waals surface area contributed by atoms with Gasteiger partial charge in [0, 0.05) is 45.3 Å². The third-order valence-corrected chi connectivity index (χ3v) is 4.69. The molecule has 0 bridgehead atoms. The number of rotatable bonds is 2. The SMILES string of the molecule is O=S(=O)(N1CC(N2CCNCC2)C1)C(F)(F)F. The van der Waals surface area contributed by atoms with E-state index in [1.54, 1.807) is 0 Å². The molecule has 0 aromatic carbocycles. The van der Waals surface area contributed by atoms with E-state index in [2.05, 4.69) is 5.32 Å². The maximum Gasteiger partial charge on any atom is 0.511 e. The number of hydrogen-bond acceptors (Lipinski definition) is 4. The van der Waals surface area contributed by atoms with Crippen molar-refractivity contribution in [3.05, 3.63) is 0 Å². The van der Waals surface area contributed by atoms with Gasteiger partial charge in [-0.2, -0.15) is 17.5 Å². The summed E-state index contributed by atoms with van der Waals surface area (Å²) in [6, 6.07) is -0.0748. The van der Waals surface area contributed by atoms with E-state index in [1.807, 2.05) is 4.90 Å². The van der Waals surface area contributed by atoms with Crippen molar-refractivity contribution in [2.24, 2.45) is 0 Å². The lowest BCUT2D eigenvalue weighted by Crippen LogP contribution is -2.65. The number of nitrogens with one attached hydrogen (secondary N) is 1. The second kappa shape index (κ2) is 4.38. The summed E-state index contributed by atoms with van der Waals surface area (Å²) < 4.78 is 59.2. The molecule has 2 aliphatic heterocycles. The molecule has 0 aliphatic carbocycles. The van der Waals surface area contributed by atoms with E-state index in [4.69, 9.17) is 0 Å². The molecule has 2 aliphatic rings. The highest BCUT2D eigenvalue weighted by Crippen LogP contribution is 2.31. The van der Waals surface area contributed by atoms with Crippen LogP contribution < -0.4 is 5.32 Å². The Kier molecular flexibility index (Phi) is 3.36. The Balaban J connectivity index is 1.90. The zero-order valence-corrected chi connectivity index (χ0v) is 9.89. The maximum atomic E-state index is 12.2. The second-order valence-corrected chi connectivity index (χ2v) is 6.14. The predicted octanol–water partition coefficient (Wildman–Crippen LogP) is -0.575. The molecule has 2 rings (SSSR count). The fourth-order valence-corrected chi connectivity index (χ4v) is 3.07. The van der Waals surface area contributed by atoms with Gasteiger partial charge in [0.2, 0.25) is 0 Å². The first kappa shape index (κ1) is 13.1. The van der Waals surface area contributed by atoms with Gasteiger partial charge in [-0.1, -0.05) is 0 Å². The standard InChI is InChI=1S/C8H14F3N3O2S/c9-8(10,11)17(15,16)14-5-7(6-14)13-3-1-12-2-4-13/h7,12H,1-6H2. The number of nitrogens with zero attached hydrogens (tertiary/aromatic N) is 2. The lowest BCUT2D eigenvalue weighted by Gasteiger charge is -2.45. The van der Waals surface area contributed by atoms with Crippen molar-refractivity contribution in [3.8, 4) is 0 Å². The van der Waals surface area contributed by atoms with Crippen LogP contribution in [0.5, 0.6) is 0 Å². The van der Waals surface area contributed by atoms with Gasteiger partial charge in [0.25, 0.3) is 0 Å². The van der Waals surface area contributed by atoms with Gasteiger partial charge < -0.3 is 5.32 Å². The average molecular weight is 273 g/mol. The summed E-state index contributed by atoms with van der Waals surface area (Å²) >= 11 is 0. The predicted molar refractivity (Wildman–Crippen MR) is 54.8 cm³/mol. The van der Waals surface area contributed by atoms with Gasteiger partial charge in [-0.05, 0) is 0 Å². The van der Waals surface area contributed by atoms with Crippen molar-refractivity contribution < 1.29 is 21.6 Å². The maximum absolute atomic E-state index is 12.2. The van der Waals surface area contributed by atoms with Crippen LogP contribution in [0, 0.1) is 0 Å². The molecule has 0 atom stereocenters. The average Bonchev–Trinajstić information content (AvgIpc) is 2.14. The van der Waals surface area contributed by atoms with Crippen molar-refractivity contribution in [2.75, 3.05) is 39.3 Å². The fraction of sp³-hybridized carbons (Fsp3) is 1.00. The van der Waals surface area contributed by atoms with E-state index in [-0.39, 0.29) is 19.1 Å². The van der Waals surface area contributed by atoms with E-state index < -0.39 is 15.5 Å². The van der Waals surface area contributed by atoms with Crippen molar-refractivity contribution in [2.45, 2.75) is 11.6 Å². The summed E-state index contributed by atoms with van der Waals surface area (Å²) in [5.74, 6) is 0. The smallest absolute Gasteiger partial charge is 0.314 e. The Hall–Kier alpha value is -0.380. The second-order valence-electron chi connectivity index (χ2n) is 4.21. The zero-order chi connectivity index (χ0) is 12.7. The van der Waals surface area contributed by atoms with Crippen LogP contribution in [0.1, 0.15) is 0 Å². The van der Waals surface area contributed by atoms with Crippen LogP contribution in [0.15, 0.2) is 0 Å². The van der Waals surface area contributed by atoms with Crippen LogP contribution in [0.3, 0.4) is 0 Å². The molecule has 5 nitrogen and oxygen atoms in total. The molecule has 0 aromatic heterocycles. The monoisotopic (exact) mass is 273 g/mol. The summed E-state index contributed by atoms with van der Waals surface area (Å²) in [6.07, 6.45) is 0. The molecule has 0 unspecified atom stereocenters. The van der Waals surface area contributed by atoms with E-state index in [0.29, 0.717) is 4.31 Å². The lowest BCUT2D eigenvalue weighted by atomic mass is 10.1. The van der Waals surface area contributed by atoms with Gasteiger partial charge in [0.15, 0.2) is 0 Å². The van der Waals surface area contributed by atoms with Gasteiger partial charge >= 0.3 is 15.5 Å². The Morgan fingerprint density at radius 3 is 2.12 bits per heavy atom. The largest absolute Gasteiger partial charge is 0.511 e. The minimum atomic E-state index is -5.18. The van der Waals surface area contributed by atoms with Gasteiger partial charge in [-0.25, -0.2) is 8.42 Å². The molecule has 0 radical (unpaired) electrons. The van der Waals surface area contributed by atoms with E-state index in [0.717, 1.165) is 26.2 Å². The first-order chi connectivity index (χ1) is 7.82. The van der Waals surface area contributed by atoms with Crippen molar-refractivity contribution in [1.29, 1.82) is 0 Å². The first-order valence-electron chi connectivity index (χ1n) is 5.33. The molecule has 0 aromatic rings. The molecular formula is C8H14F3N3O2S. The quantitative estimate of drug-likeness (QED) is 0.732. The molecule has 0 saturated carbocycles.